The molecule has 484 valence electrons. The van der Waals surface area contributed by atoms with Crippen molar-refractivity contribution < 1.29 is 83.5 Å². The van der Waals surface area contributed by atoms with Gasteiger partial charge in [-0.05, 0) is 66.4 Å². The highest BCUT2D eigenvalue weighted by Crippen LogP contribution is 2.33. The van der Waals surface area contributed by atoms with Crippen LogP contribution in [0.4, 0.5) is 0 Å². The number of ether oxygens (including phenoxy) is 3. The molecule has 0 saturated carbocycles. The highest BCUT2D eigenvalue weighted by atomic mass is 32.1. The molecule has 4 heterocycles. The monoisotopic (exact) mass is 1270 g/mol. The Morgan fingerprint density at radius 1 is 0.711 bits per heavy atom. The number of aliphatic hydroxyl groups excluding tert-OH is 6. The smallest absolute Gasteiger partial charge is 0.251 e. The molecule has 8 rings (SSSR count). The maximum atomic E-state index is 14.7. The number of rotatable bonds is 19. The number of benzene rings is 4. The first kappa shape index (κ1) is 67.9. The van der Waals surface area contributed by atoms with E-state index in [2.05, 4.69) is 36.8 Å². The topological polar surface area (TPSA) is 433 Å². The van der Waals surface area contributed by atoms with Crippen molar-refractivity contribution in [3.05, 3.63) is 108 Å². The highest BCUT2D eigenvalue weighted by molar-refractivity contribution is 7.17. The van der Waals surface area contributed by atoms with E-state index in [4.69, 9.17) is 25.7 Å². The summed E-state index contributed by atoms with van der Waals surface area (Å²) in [6.07, 6.45) is -11.9. The summed E-state index contributed by atoms with van der Waals surface area (Å²) >= 11 is 1.31. The standard InChI is InChI=1S/C61H77N11O17S/c1-31-27-72-51(52(31)79)57(84)64-26-40(74)24-42(65-53(80)37-11-15-39(16-12-37)59-70-69-58(90-59)38-13-9-36(10-14-38)35-7-4-33(5-8-35)29-88-30-87-3)54(81)66-48(32(2)73)60(85)71-28-41(75)25-43(71)55(82)67-49(56(83)68-50(61(72)86)45(77)18-19-62)46(78)22-34-6-17-44(76)47(23-34)89-21-20-63/h4-17,23,31-32,40-43,45-46,48-52,73-79H,18-22,24-30,62-63H2,1-3H3,(H,64,84)(H,65,80)(H,66,81)(H,67,82)(H,68,83)/t31-,32+,40+,41+,42-,43-,45+,46+,48-,49-,50-,51-,52-/m0/s1. The molecule has 1 aromatic heterocycles. The van der Waals surface area contributed by atoms with Gasteiger partial charge in [-0.15, -0.1) is 10.2 Å². The van der Waals surface area contributed by atoms with E-state index in [1.807, 2.05) is 48.5 Å². The minimum Gasteiger partial charge on any atom is -0.504 e. The number of phenolic OH excluding ortho intramolecular Hbond substituents is 1. The number of phenols is 1. The minimum absolute atomic E-state index is 0.00750. The molecule has 0 aliphatic carbocycles. The van der Waals surface area contributed by atoms with Gasteiger partial charge in [0.05, 0.1) is 43.2 Å². The summed E-state index contributed by atoms with van der Waals surface area (Å²) in [5, 5.41) is 101. The number of aliphatic hydroxyl groups is 6. The van der Waals surface area contributed by atoms with Gasteiger partial charge in [-0.3, -0.25) is 33.6 Å². The molecule has 5 aromatic rings. The molecule has 13 atom stereocenters. The summed E-state index contributed by atoms with van der Waals surface area (Å²) in [4.78, 5) is 103. The van der Waals surface area contributed by atoms with Gasteiger partial charge in [0.15, 0.2) is 11.5 Å². The average molecular weight is 1270 g/mol. The van der Waals surface area contributed by atoms with E-state index in [0.29, 0.717) is 22.2 Å². The lowest BCUT2D eigenvalue weighted by Crippen LogP contribution is -2.64. The van der Waals surface area contributed by atoms with Gasteiger partial charge in [0.25, 0.3) is 5.91 Å². The number of β-amino-alcohol motifs (C(OH)–C–C–N with tert-alkyl or cyclic N) is 1. The van der Waals surface area contributed by atoms with E-state index in [-0.39, 0.29) is 62.1 Å². The molecule has 0 bridgehead atoms. The normalized spacial score (nSPS) is 25.0. The van der Waals surface area contributed by atoms with E-state index in [1.54, 1.807) is 19.2 Å². The number of carbonyl (C=O) groups excluding carboxylic acids is 7. The maximum absolute atomic E-state index is 14.7. The Labute approximate surface area is 521 Å². The van der Waals surface area contributed by atoms with Gasteiger partial charge in [0.1, 0.15) is 59.7 Å². The predicted octanol–water partition coefficient (Wildman–Crippen LogP) is -2.00. The molecule has 3 fully saturated rings. The molecule has 3 aliphatic heterocycles. The molecule has 28 nitrogen and oxygen atoms in total. The second kappa shape index (κ2) is 31.1. The van der Waals surface area contributed by atoms with Crippen LogP contribution in [0.2, 0.25) is 0 Å². The van der Waals surface area contributed by atoms with E-state index < -0.39 is 152 Å². The van der Waals surface area contributed by atoms with Crippen molar-refractivity contribution in [2.75, 3.05) is 53.2 Å². The Morgan fingerprint density at radius 2 is 1.31 bits per heavy atom. The quantitative estimate of drug-likeness (QED) is 0.0314. The number of nitrogens with two attached hydrogens (primary N) is 2. The van der Waals surface area contributed by atoms with Crippen molar-refractivity contribution in [1.29, 1.82) is 0 Å². The summed E-state index contributed by atoms with van der Waals surface area (Å²) in [5.41, 5.74) is 16.1. The van der Waals surface area contributed by atoms with Gasteiger partial charge in [0.2, 0.25) is 35.4 Å². The summed E-state index contributed by atoms with van der Waals surface area (Å²) in [7, 11) is 1.56. The van der Waals surface area contributed by atoms with Gasteiger partial charge >= 0.3 is 0 Å². The molecule has 29 heteroatoms. The minimum atomic E-state index is -2.05. The largest absolute Gasteiger partial charge is 0.504 e. The van der Waals surface area contributed by atoms with Crippen molar-refractivity contribution in [3.8, 4) is 43.8 Å². The van der Waals surface area contributed by atoms with Crippen LogP contribution in [0.5, 0.6) is 11.5 Å². The van der Waals surface area contributed by atoms with Crippen molar-refractivity contribution in [3.63, 3.8) is 0 Å². The fourth-order valence-electron chi connectivity index (χ4n) is 10.9. The first-order valence-corrected chi connectivity index (χ1v) is 30.1. The molecule has 0 spiro atoms. The average Bonchev–Trinajstić information content (AvgIpc) is 1.88. The van der Waals surface area contributed by atoms with Crippen LogP contribution in [0.25, 0.3) is 32.3 Å². The van der Waals surface area contributed by atoms with E-state index in [1.165, 1.54) is 48.6 Å². The molecule has 0 radical (unpaired) electrons. The van der Waals surface area contributed by atoms with E-state index in [0.717, 1.165) is 39.0 Å². The van der Waals surface area contributed by atoms with Gasteiger partial charge < -0.3 is 97.8 Å². The Balaban J connectivity index is 1.06. The number of hydrogen-bond acceptors (Lipinski definition) is 22. The molecule has 16 N–H and O–H groups in total. The third-order valence-electron chi connectivity index (χ3n) is 15.8. The Kier molecular flexibility index (Phi) is 23.5. The predicted molar refractivity (Wildman–Crippen MR) is 324 cm³/mol. The number of nitrogens with one attached hydrogen (secondary N) is 5. The van der Waals surface area contributed by atoms with Gasteiger partial charge in [-0.2, -0.15) is 0 Å². The first-order valence-electron chi connectivity index (χ1n) is 29.3. The lowest BCUT2D eigenvalue weighted by molar-refractivity contribution is -0.147. The fourth-order valence-corrected chi connectivity index (χ4v) is 11.7. The van der Waals surface area contributed by atoms with Crippen LogP contribution >= 0.6 is 11.3 Å². The van der Waals surface area contributed by atoms with Crippen LogP contribution in [0, 0.1) is 5.92 Å². The van der Waals surface area contributed by atoms with Crippen LogP contribution < -0.4 is 42.8 Å². The van der Waals surface area contributed by atoms with Gasteiger partial charge in [-0.1, -0.05) is 85.0 Å². The SMILES string of the molecule is COCOCc1ccc(-c2ccc(-c3nnc(-c4ccc(C(=O)N[C@H]5C[C@@H](O)CNC(=O)[C@@H]6[C@@H](O)[C@@H](C)CN6C(=O)[C@H]([C@H](O)CCN)NC(=O)[C@H]([C@H](O)Cc6ccc(O)c(OCCN)c6)NC(=O)[C@@H]6C[C@@H](O)CN6C(=O)[C@H]([C@@H](C)O)NC5=O)cc4)s3)cc2)cc1. The summed E-state index contributed by atoms with van der Waals surface area (Å²) < 4.78 is 15.9. The number of fused-ring (bicyclic) bond motifs is 2. The van der Waals surface area contributed by atoms with E-state index in [9.17, 15) is 69.3 Å². The molecule has 0 unspecified atom stereocenters. The number of hydrogen-bond donors (Lipinski definition) is 14. The van der Waals surface area contributed by atoms with Crippen LogP contribution in [-0.4, -0.2) is 223 Å². The number of nitrogens with zero attached hydrogens (tertiary/aromatic N) is 4. The number of aromatic hydroxyl groups is 1. The number of carbonyl (C=O) groups is 7. The van der Waals surface area contributed by atoms with Crippen LogP contribution in [0.1, 0.15) is 54.6 Å². The lowest BCUT2D eigenvalue weighted by Gasteiger charge is -2.34. The van der Waals surface area contributed by atoms with E-state index >= 15 is 0 Å². The molecular formula is C61H77N11O17S. The zero-order valence-corrected chi connectivity index (χ0v) is 50.5. The Hall–Kier alpha value is -8.07. The van der Waals surface area contributed by atoms with Crippen LogP contribution in [0.15, 0.2) is 91.0 Å². The molecular weight excluding hydrogens is 1190 g/mol. The van der Waals surface area contributed by atoms with Gasteiger partial charge in [-0.25, -0.2) is 0 Å². The second-order valence-electron chi connectivity index (χ2n) is 22.5. The first-order chi connectivity index (χ1) is 43.1. The maximum Gasteiger partial charge on any atom is 0.251 e. The van der Waals surface area contributed by atoms with Crippen LogP contribution in [-0.2, 0) is 51.3 Å². The fraction of sp³-hybridized carbons (Fsp3) is 0.459. The molecule has 90 heavy (non-hydrogen) atoms. The van der Waals surface area contributed by atoms with Crippen molar-refractivity contribution >= 4 is 52.7 Å². The third-order valence-corrected chi connectivity index (χ3v) is 16.8. The zero-order chi connectivity index (χ0) is 64.9. The summed E-state index contributed by atoms with van der Waals surface area (Å²) in [6, 6.07) is 14.9. The Bertz CT molecular complexity index is 3310. The second-order valence-corrected chi connectivity index (χ2v) is 23.5. The Morgan fingerprint density at radius 3 is 1.94 bits per heavy atom. The molecule has 4 aromatic carbocycles. The molecule has 3 saturated heterocycles. The highest BCUT2D eigenvalue weighted by Gasteiger charge is 2.50. The number of methoxy groups -OCH3 is 1. The van der Waals surface area contributed by atoms with Crippen molar-refractivity contribution in [2.45, 2.75) is 119 Å². The number of amides is 7. The van der Waals surface area contributed by atoms with Gasteiger partial charge in [0, 0.05) is 75.2 Å². The van der Waals surface area contributed by atoms with Crippen LogP contribution in [0.3, 0.4) is 0 Å². The summed E-state index contributed by atoms with van der Waals surface area (Å²) in [6.45, 7) is 1.65. The van der Waals surface area contributed by atoms with Crippen molar-refractivity contribution in [2.24, 2.45) is 17.4 Å². The molecule has 7 amide bonds. The lowest BCUT2D eigenvalue weighted by atomic mass is 9.98. The number of aromatic nitrogens is 2. The summed E-state index contributed by atoms with van der Waals surface area (Å²) in [5.74, 6) is -8.70. The molecule has 3 aliphatic rings. The zero-order valence-electron chi connectivity index (χ0n) is 49.7. The van der Waals surface area contributed by atoms with Crippen molar-refractivity contribution in [1.82, 2.24) is 46.6 Å². The third kappa shape index (κ3) is 16.7.